The van der Waals surface area contributed by atoms with Gasteiger partial charge in [-0.3, -0.25) is 0 Å². The quantitative estimate of drug-likeness (QED) is 0.127. The largest absolute Gasteiger partial charge is 0.0732 e. The Morgan fingerprint density at radius 2 is 0.278 bits per heavy atom. The van der Waals surface area contributed by atoms with Gasteiger partial charge in [-0.1, -0.05) is 171 Å². The number of allylic oxidation sites excluding steroid dienone is 22. The average Bonchev–Trinajstić information content (AvgIpc) is 3.29. The zero-order valence-corrected chi connectivity index (χ0v) is 57.6. The maximum atomic E-state index is 2.33. The normalized spacial score (nSPS) is 13.6. The fourth-order valence-corrected chi connectivity index (χ4v) is 6.83. The molecule has 0 aromatic carbocycles. The van der Waals surface area contributed by atoms with Crippen LogP contribution in [-0.2, 0) is 0 Å². The smallest absolute Gasteiger partial charge is 0.0209 e. The molecule has 0 saturated heterocycles. The van der Waals surface area contributed by atoms with Gasteiger partial charge in [-0.15, -0.1) is 0 Å². The first-order chi connectivity index (χ1) is 32.2. The summed E-state index contributed by atoms with van der Waals surface area (Å²) in [6.45, 7) is 93.5. The Bertz CT molecular complexity index is 1670. The fourth-order valence-electron chi connectivity index (χ4n) is 6.83. The van der Waals surface area contributed by atoms with Gasteiger partial charge in [0.2, 0.25) is 0 Å². The Kier molecular flexibility index (Phi) is 45.2. The molecule has 0 aliphatic carbocycles. The van der Waals surface area contributed by atoms with Crippen LogP contribution in [0.2, 0.25) is 0 Å². The molecule has 422 valence electrons. The highest BCUT2D eigenvalue weighted by Gasteiger charge is 2.13. The second kappa shape index (κ2) is 40.5. The summed E-state index contributed by atoms with van der Waals surface area (Å²) < 4.78 is 0. The van der Waals surface area contributed by atoms with E-state index in [0.29, 0.717) is 35.5 Å². The monoisotopic (exact) mass is 999 g/mol. The lowest BCUT2D eigenvalue weighted by molar-refractivity contribution is 0.471. The van der Waals surface area contributed by atoms with Crippen LogP contribution in [0.25, 0.3) is 0 Å². The van der Waals surface area contributed by atoms with Crippen LogP contribution in [0.4, 0.5) is 0 Å². The third kappa shape index (κ3) is 33.9. The number of hydrogen-bond donors (Lipinski definition) is 0. The van der Waals surface area contributed by atoms with E-state index in [0.717, 1.165) is 11.8 Å². The lowest BCUT2D eigenvalue weighted by Gasteiger charge is -2.21. The zero-order valence-electron chi connectivity index (χ0n) is 57.6. The highest BCUT2D eigenvalue weighted by molar-refractivity contribution is 5.38. The van der Waals surface area contributed by atoms with Crippen LogP contribution in [0.5, 0.6) is 0 Å². The van der Waals surface area contributed by atoms with Gasteiger partial charge in [0.25, 0.3) is 0 Å². The molecule has 72 heavy (non-hydrogen) atoms. The third-order valence-electron chi connectivity index (χ3n) is 17.0. The molecule has 0 fully saturated rings. The molecular formula is C72H134. The van der Waals surface area contributed by atoms with Gasteiger partial charge in [0.15, 0.2) is 0 Å². The van der Waals surface area contributed by atoms with Crippen molar-refractivity contribution in [1.29, 1.82) is 0 Å². The van der Waals surface area contributed by atoms with Gasteiger partial charge < -0.3 is 0 Å². The maximum Gasteiger partial charge on any atom is -0.0209 e. The highest BCUT2D eigenvalue weighted by atomic mass is 14.2. The molecule has 0 radical (unpaired) electrons. The van der Waals surface area contributed by atoms with Gasteiger partial charge in [-0.05, 0) is 290 Å². The van der Waals surface area contributed by atoms with E-state index in [-0.39, 0.29) is 0 Å². The molecule has 0 aromatic rings. The molecular weight excluding hydrogens is 865 g/mol. The second-order valence-electron chi connectivity index (χ2n) is 25.0. The van der Waals surface area contributed by atoms with Gasteiger partial charge in [0.05, 0.1) is 0 Å². The van der Waals surface area contributed by atoms with Crippen molar-refractivity contribution in [3.63, 3.8) is 0 Å². The molecule has 0 amide bonds. The molecule has 0 unspecified atom stereocenters. The number of rotatable bonds is 13. The summed E-state index contributed by atoms with van der Waals surface area (Å²) in [5.41, 5.74) is 32.4. The standard InChI is InChI=1S/C12H24.5C12H22/c6*1-8(2)10(5)12(7)11(6)9(3)4/h8-10H,1-7H3;5*8H,1-7H3/b12-11-;3*12-10+;2*12-10-/t10-;;;;;/m0...../s1. The Labute approximate surface area is 458 Å². The van der Waals surface area contributed by atoms with Crippen LogP contribution in [0.3, 0.4) is 0 Å². The van der Waals surface area contributed by atoms with Crippen LogP contribution in [0, 0.1) is 47.3 Å². The average molecular weight is 1000 g/mol. The Hall–Kier alpha value is -2.86. The van der Waals surface area contributed by atoms with Crippen molar-refractivity contribution in [3.05, 3.63) is 123 Å². The van der Waals surface area contributed by atoms with E-state index >= 15 is 0 Å². The summed E-state index contributed by atoms with van der Waals surface area (Å²) in [6, 6.07) is 0. The predicted octanol–water partition coefficient (Wildman–Crippen LogP) is 25.9. The maximum absolute atomic E-state index is 2.33. The lowest BCUT2D eigenvalue weighted by Crippen LogP contribution is -2.08. The van der Waals surface area contributed by atoms with Crippen LogP contribution in [-0.4, -0.2) is 0 Å². The molecule has 0 N–H and O–H groups in total. The molecule has 0 spiro atoms. The van der Waals surface area contributed by atoms with Crippen LogP contribution in [0.1, 0.15) is 291 Å². The van der Waals surface area contributed by atoms with Gasteiger partial charge in [-0.25, -0.2) is 0 Å². The second-order valence-corrected chi connectivity index (χ2v) is 25.0. The summed E-state index contributed by atoms with van der Waals surface area (Å²) in [6.07, 6.45) is 0. The topological polar surface area (TPSA) is 0 Å². The first-order valence-electron chi connectivity index (χ1n) is 28.5. The summed E-state index contributed by atoms with van der Waals surface area (Å²) in [4.78, 5) is 0. The van der Waals surface area contributed by atoms with Gasteiger partial charge in [0.1, 0.15) is 0 Å². The van der Waals surface area contributed by atoms with Crippen molar-refractivity contribution in [2.75, 3.05) is 0 Å². The lowest BCUT2D eigenvalue weighted by atomic mass is 9.85. The van der Waals surface area contributed by atoms with Crippen molar-refractivity contribution in [3.8, 4) is 0 Å². The SMILES string of the molecule is C/C(=C(\C)[C@@H](C)C(C)C)C(C)C.CC(C)=C(C)/C(C)=C(/C)C(C)C.CC(C)=C(C)/C(C)=C(/C)C(C)C.CC(C)=C(C)/C(C)=C(\C)C(C)C.CC(C)=C(C)/C(C)=C(\C)C(C)C.CC(C)=C(C)/C(C)=C(\C)C(C)C. The van der Waals surface area contributed by atoms with Crippen molar-refractivity contribution < 1.29 is 0 Å². The van der Waals surface area contributed by atoms with E-state index in [4.69, 9.17) is 0 Å². The molecule has 0 aliphatic heterocycles. The van der Waals surface area contributed by atoms with Crippen molar-refractivity contribution in [2.24, 2.45) is 47.3 Å². The molecule has 0 saturated carbocycles. The summed E-state index contributed by atoms with van der Waals surface area (Å²) in [5.74, 6) is 5.52. The molecule has 0 heterocycles. The zero-order chi connectivity index (χ0) is 59.3. The van der Waals surface area contributed by atoms with Crippen LogP contribution in [0.15, 0.2) is 123 Å². The summed E-state index contributed by atoms with van der Waals surface area (Å²) in [5, 5.41) is 0. The summed E-state index contributed by atoms with van der Waals surface area (Å²) >= 11 is 0. The van der Waals surface area contributed by atoms with E-state index in [2.05, 4.69) is 291 Å². The van der Waals surface area contributed by atoms with E-state index < -0.39 is 0 Å². The molecule has 0 aliphatic rings. The molecule has 1 atom stereocenters. The summed E-state index contributed by atoms with van der Waals surface area (Å²) in [7, 11) is 0. The van der Waals surface area contributed by atoms with Crippen LogP contribution < -0.4 is 0 Å². The first-order valence-corrected chi connectivity index (χ1v) is 28.5. The Morgan fingerprint density at radius 1 is 0.153 bits per heavy atom. The van der Waals surface area contributed by atoms with Gasteiger partial charge >= 0.3 is 0 Å². The van der Waals surface area contributed by atoms with Gasteiger partial charge in [-0.2, -0.15) is 0 Å². The molecule has 0 rings (SSSR count). The fraction of sp³-hybridized carbons (Fsp3) is 0.694. The van der Waals surface area contributed by atoms with E-state index in [1.165, 1.54) is 111 Å². The molecule has 0 nitrogen and oxygen atoms in total. The minimum absolute atomic E-state index is 0.666. The van der Waals surface area contributed by atoms with Crippen molar-refractivity contribution >= 4 is 0 Å². The number of hydrogen-bond acceptors (Lipinski definition) is 0. The highest BCUT2D eigenvalue weighted by Crippen LogP contribution is 2.27. The van der Waals surface area contributed by atoms with Crippen LogP contribution >= 0.6 is 0 Å². The Balaban J connectivity index is -0.000000181. The minimum Gasteiger partial charge on any atom is -0.0732 e. The minimum atomic E-state index is 0.666. The van der Waals surface area contributed by atoms with E-state index in [1.54, 1.807) is 11.1 Å². The molecule has 0 heteroatoms. The first kappa shape index (κ1) is 80.5. The Morgan fingerprint density at radius 3 is 0.361 bits per heavy atom. The van der Waals surface area contributed by atoms with E-state index in [1.807, 2.05) is 0 Å². The van der Waals surface area contributed by atoms with Crippen molar-refractivity contribution in [2.45, 2.75) is 291 Å². The molecule has 0 bridgehead atoms. The molecule has 0 aromatic heterocycles. The van der Waals surface area contributed by atoms with Crippen molar-refractivity contribution in [1.82, 2.24) is 0 Å². The van der Waals surface area contributed by atoms with E-state index in [9.17, 15) is 0 Å². The van der Waals surface area contributed by atoms with Gasteiger partial charge in [0, 0.05) is 0 Å². The predicted molar refractivity (Wildman–Crippen MR) is 344 cm³/mol. The third-order valence-corrected chi connectivity index (χ3v) is 17.0.